The number of rotatable bonds is 3. The Morgan fingerprint density at radius 3 is 2.32 bits per heavy atom. The summed E-state index contributed by atoms with van der Waals surface area (Å²) in [5.41, 5.74) is -0.586. The van der Waals surface area contributed by atoms with Crippen LogP contribution in [0, 0.1) is 5.92 Å². The molecule has 0 saturated heterocycles. The van der Waals surface area contributed by atoms with E-state index in [0.717, 1.165) is 37.8 Å². The molecule has 0 aliphatic heterocycles. The first kappa shape index (κ1) is 17.6. The van der Waals surface area contributed by atoms with E-state index < -0.39 is 12.4 Å². The van der Waals surface area contributed by atoms with Gasteiger partial charge < -0.3 is 17.7 Å². The average Bonchev–Trinajstić information content (AvgIpc) is 2.31. The van der Waals surface area contributed by atoms with Crippen molar-refractivity contribution in [3.63, 3.8) is 0 Å². The van der Waals surface area contributed by atoms with Gasteiger partial charge in [0, 0.05) is 0 Å². The van der Waals surface area contributed by atoms with Crippen molar-refractivity contribution < 1.29 is 69.1 Å². The molecule has 1 aromatic carbocycles. The van der Waals surface area contributed by atoms with Gasteiger partial charge >= 0.3 is 58.4 Å². The van der Waals surface area contributed by atoms with Crippen molar-refractivity contribution in [3.05, 3.63) is 24.3 Å². The first-order chi connectivity index (χ1) is 8.45. The fourth-order valence-electron chi connectivity index (χ4n) is 2.33. The van der Waals surface area contributed by atoms with Gasteiger partial charge in [-0.3, -0.25) is 0 Å². The van der Waals surface area contributed by atoms with Crippen molar-refractivity contribution in [2.24, 2.45) is 5.92 Å². The molecule has 100 valence electrons. The molecule has 0 spiro atoms. The second-order valence-electron chi connectivity index (χ2n) is 5.15. The number of halogens is 3. The summed E-state index contributed by atoms with van der Waals surface area (Å²) < 4.78 is 43.5. The Morgan fingerprint density at radius 1 is 1.11 bits per heavy atom. The molecule has 0 N–H and O–H groups in total. The van der Waals surface area contributed by atoms with Crippen LogP contribution in [0.15, 0.2) is 24.3 Å². The van der Waals surface area contributed by atoms with Gasteiger partial charge in [0.05, 0.1) is 6.10 Å². The molecule has 0 amide bonds. The predicted octanol–water partition coefficient (Wildman–Crippen LogP) is 0.702. The second-order valence-corrected chi connectivity index (χ2v) is 5.15. The summed E-state index contributed by atoms with van der Waals surface area (Å²) in [6.45, 7) is -2.75. The van der Waals surface area contributed by atoms with E-state index in [1.807, 2.05) is 0 Å². The van der Waals surface area contributed by atoms with Crippen LogP contribution >= 0.6 is 0 Å². The predicted molar refractivity (Wildman–Crippen MR) is 67.2 cm³/mol. The van der Waals surface area contributed by atoms with Gasteiger partial charge in [-0.2, -0.15) is 0 Å². The molecule has 0 heterocycles. The molecule has 1 aromatic rings. The van der Waals surface area contributed by atoms with Crippen LogP contribution in [-0.4, -0.2) is 13.1 Å². The van der Waals surface area contributed by atoms with Crippen molar-refractivity contribution in [3.8, 4) is 5.75 Å². The third-order valence-electron chi connectivity index (χ3n) is 3.50. The Morgan fingerprint density at radius 2 is 1.74 bits per heavy atom. The first-order valence-electron chi connectivity index (χ1n) is 6.41. The normalized spacial score (nSPS) is 23.6. The van der Waals surface area contributed by atoms with Gasteiger partial charge in [-0.05, 0) is 43.7 Å². The van der Waals surface area contributed by atoms with Gasteiger partial charge in [0.25, 0.3) is 0 Å². The van der Waals surface area contributed by atoms with E-state index >= 15 is 0 Å². The van der Waals surface area contributed by atoms with E-state index in [1.54, 1.807) is 6.07 Å². The van der Waals surface area contributed by atoms with Crippen LogP contribution in [0.5, 0.6) is 5.75 Å². The van der Waals surface area contributed by atoms with E-state index in [0.29, 0.717) is 11.7 Å². The van der Waals surface area contributed by atoms with Gasteiger partial charge in [0.15, 0.2) is 0 Å². The maximum Gasteiger partial charge on any atom is 1.00 e. The summed E-state index contributed by atoms with van der Waals surface area (Å²) in [7, 11) is 0. The third kappa shape index (κ3) is 5.42. The summed E-state index contributed by atoms with van der Waals surface area (Å²) in [5.74, 6) is 1.04. The third-order valence-corrected chi connectivity index (χ3v) is 3.50. The molecule has 1 aliphatic carbocycles. The largest absolute Gasteiger partial charge is 1.00 e. The summed E-state index contributed by atoms with van der Waals surface area (Å²) in [5, 5.41) is 0. The molecule has 0 aromatic heterocycles. The van der Waals surface area contributed by atoms with Crippen molar-refractivity contribution in [1.82, 2.24) is 0 Å². The fourth-order valence-corrected chi connectivity index (χ4v) is 2.33. The number of hydrogen-bond donors (Lipinski definition) is 0. The SMILES string of the molecule is CC1CCC(Oc2cccc([B-](F)(F)F)c2)CC1.[K+]. The van der Waals surface area contributed by atoms with Gasteiger partial charge in [-0.15, -0.1) is 5.46 Å². The van der Waals surface area contributed by atoms with E-state index in [-0.39, 0.29) is 57.5 Å². The van der Waals surface area contributed by atoms with Crippen LogP contribution in [0.1, 0.15) is 32.6 Å². The van der Waals surface area contributed by atoms with Crippen LogP contribution in [0.25, 0.3) is 0 Å². The van der Waals surface area contributed by atoms with Crippen LogP contribution in [0.4, 0.5) is 12.9 Å². The van der Waals surface area contributed by atoms with Crippen LogP contribution < -0.4 is 61.6 Å². The molecule has 19 heavy (non-hydrogen) atoms. The molecule has 0 atom stereocenters. The number of hydrogen-bond acceptors (Lipinski definition) is 1. The zero-order valence-electron chi connectivity index (χ0n) is 11.4. The van der Waals surface area contributed by atoms with Crippen LogP contribution in [0.3, 0.4) is 0 Å². The number of benzene rings is 1. The Labute approximate surface area is 154 Å². The van der Waals surface area contributed by atoms with Gasteiger partial charge in [-0.1, -0.05) is 19.1 Å². The minimum absolute atomic E-state index is 0. The van der Waals surface area contributed by atoms with E-state index in [2.05, 4.69) is 6.92 Å². The summed E-state index contributed by atoms with van der Waals surface area (Å²) in [6, 6.07) is 5.21. The minimum atomic E-state index is -4.94. The molecule has 1 fully saturated rings. The quantitative estimate of drug-likeness (QED) is 0.746. The van der Waals surface area contributed by atoms with Crippen LogP contribution in [-0.2, 0) is 0 Å². The summed E-state index contributed by atoms with van der Waals surface area (Å²) in [4.78, 5) is 0. The van der Waals surface area contributed by atoms with E-state index in [9.17, 15) is 12.9 Å². The maximum absolute atomic E-state index is 12.6. The maximum atomic E-state index is 12.6. The van der Waals surface area contributed by atoms with Gasteiger partial charge in [0.1, 0.15) is 5.75 Å². The molecule has 1 aliphatic rings. The van der Waals surface area contributed by atoms with Crippen molar-refractivity contribution >= 4 is 12.4 Å². The second kappa shape index (κ2) is 7.50. The smallest absolute Gasteiger partial charge is 0.491 e. The number of ether oxygens (including phenoxy) is 1. The minimum Gasteiger partial charge on any atom is -0.491 e. The van der Waals surface area contributed by atoms with E-state index in [1.165, 1.54) is 6.07 Å². The molecule has 0 radical (unpaired) electrons. The molecule has 6 heteroatoms. The zero-order chi connectivity index (χ0) is 13.2. The Hall–Kier alpha value is 0.511. The molecule has 1 nitrogen and oxygen atoms in total. The monoisotopic (exact) mass is 296 g/mol. The summed E-state index contributed by atoms with van der Waals surface area (Å²) >= 11 is 0. The topological polar surface area (TPSA) is 9.23 Å². The summed E-state index contributed by atoms with van der Waals surface area (Å²) in [6.07, 6.45) is 4.11. The first-order valence-corrected chi connectivity index (χ1v) is 6.41. The Kier molecular flexibility index (Phi) is 6.93. The van der Waals surface area contributed by atoms with Crippen molar-refractivity contribution in [2.45, 2.75) is 38.7 Å². The molecule has 1 saturated carbocycles. The van der Waals surface area contributed by atoms with Gasteiger partial charge in [0.2, 0.25) is 0 Å². The Balaban J connectivity index is 0.00000180. The standard InChI is InChI=1S/C13H17BF3O.K/c1-10-5-7-12(8-6-10)18-13-4-2-3-11(9-13)14(15,16)17;/h2-4,9-10,12H,5-8H2,1H3;/q-1;+1. The average molecular weight is 296 g/mol. The van der Waals surface area contributed by atoms with Crippen LogP contribution in [0.2, 0.25) is 0 Å². The zero-order valence-corrected chi connectivity index (χ0v) is 14.5. The van der Waals surface area contributed by atoms with Gasteiger partial charge in [-0.25, -0.2) is 0 Å². The molecule has 2 rings (SSSR count). The van der Waals surface area contributed by atoms with Crippen molar-refractivity contribution in [2.75, 3.05) is 0 Å². The molecule has 0 bridgehead atoms. The van der Waals surface area contributed by atoms with E-state index in [4.69, 9.17) is 4.74 Å². The van der Waals surface area contributed by atoms with Crippen molar-refractivity contribution in [1.29, 1.82) is 0 Å². The fraction of sp³-hybridized carbons (Fsp3) is 0.538. The molecular formula is C13H17BF3KO. The Bertz CT molecular complexity index is 403. The molecular weight excluding hydrogens is 279 g/mol. The molecule has 0 unspecified atom stereocenters.